The van der Waals surface area contributed by atoms with Gasteiger partial charge >= 0.3 is 0 Å². The lowest BCUT2D eigenvalue weighted by molar-refractivity contribution is 0.333. The number of hydrogen-bond donors (Lipinski definition) is 1. The fourth-order valence-corrected chi connectivity index (χ4v) is 1.88. The first-order valence-corrected chi connectivity index (χ1v) is 5.18. The number of benzene rings is 1. The predicted molar refractivity (Wildman–Crippen MR) is 57.4 cm³/mol. The van der Waals surface area contributed by atoms with E-state index in [1.807, 2.05) is 0 Å². The third-order valence-corrected chi connectivity index (χ3v) is 2.54. The lowest BCUT2D eigenvalue weighted by Crippen LogP contribution is -2.10. The average Bonchev–Trinajstić information content (AvgIpc) is 2.46. The van der Waals surface area contributed by atoms with E-state index in [0.717, 1.165) is 17.7 Å². The molecule has 0 bridgehead atoms. The first-order valence-electron chi connectivity index (χ1n) is 5.18. The maximum atomic E-state index is 5.87. The Labute approximate surface area is 85.1 Å². The lowest BCUT2D eigenvalue weighted by atomic mass is 10.00. The largest absolute Gasteiger partial charge is 0.491 e. The standard InChI is InChI=1S/C12H17NO/c1-8(2)5-9-3-4-10-11(13)7-14-12(10)6-9/h3-4,6,8,11H,5,7,13H2,1-2H3/t11-/m1/s1. The molecular weight excluding hydrogens is 174 g/mol. The second kappa shape index (κ2) is 3.62. The van der Waals surface area contributed by atoms with Gasteiger partial charge in [-0.05, 0) is 24.0 Å². The van der Waals surface area contributed by atoms with Gasteiger partial charge < -0.3 is 10.5 Å². The van der Waals surface area contributed by atoms with Gasteiger partial charge in [-0.25, -0.2) is 0 Å². The van der Waals surface area contributed by atoms with Gasteiger partial charge in [-0.3, -0.25) is 0 Å². The molecule has 14 heavy (non-hydrogen) atoms. The maximum Gasteiger partial charge on any atom is 0.124 e. The molecule has 0 saturated carbocycles. The van der Waals surface area contributed by atoms with Crippen molar-refractivity contribution in [2.45, 2.75) is 26.3 Å². The van der Waals surface area contributed by atoms with Gasteiger partial charge in [0.25, 0.3) is 0 Å². The highest BCUT2D eigenvalue weighted by molar-refractivity contribution is 5.42. The van der Waals surface area contributed by atoms with Crippen LogP contribution >= 0.6 is 0 Å². The van der Waals surface area contributed by atoms with E-state index in [2.05, 4.69) is 32.0 Å². The molecule has 2 nitrogen and oxygen atoms in total. The van der Waals surface area contributed by atoms with Gasteiger partial charge in [0.15, 0.2) is 0 Å². The van der Waals surface area contributed by atoms with Crippen molar-refractivity contribution in [3.05, 3.63) is 29.3 Å². The minimum absolute atomic E-state index is 0.0677. The van der Waals surface area contributed by atoms with E-state index >= 15 is 0 Å². The summed E-state index contributed by atoms with van der Waals surface area (Å²) in [4.78, 5) is 0. The Morgan fingerprint density at radius 3 is 3.00 bits per heavy atom. The molecule has 2 rings (SSSR count). The monoisotopic (exact) mass is 191 g/mol. The zero-order valence-electron chi connectivity index (χ0n) is 8.79. The van der Waals surface area contributed by atoms with Crippen LogP contribution in [0.2, 0.25) is 0 Å². The van der Waals surface area contributed by atoms with Gasteiger partial charge in [0.1, 0.15) is 12.4 Å². The number of nitrogens with two attached hydrogens (primary N) is 1. The second-order valence-electron chi connectivity index (χ2n) is 4.39. The Balaban J connectivity index is 2.24. The fraction of sp³-hybridized carbons (Fsp3) is 0.500. The van der Waals surface area contributed by atoms with Gasteiger partial charge in [-0.2, -0.15) is 0 Å². The highest BCUT2D eigenvalue weighted by atomic mass is 16.5. The third kappa shape index (κ3) is 1.75. The molecule has 1 atom stereocenters. The first-order chi connectivity index (χ1) is 6.66. The van der Waals surface area contributed by atoms with Crippen LogP contribution in [0.1, 0.15) is 31.0 Å². The highest BCUT2D eigenvalue weighted by Crippen LogP contribution is 2.31. The Bertz CT molecular complexity index is 333. The molecule has 2 N–H and O–H groups in total. The average molecular weight is 191 g/mol. The van der Waals surface area contributed by atoms with Gasteiger partial charge in [0.05, 0.1) is 6.04 Å². The van der Waals surface area contributed by atoms with Crippen molar-refractivity contribution in [1.82, 2.24) is 0 Å². The molecule has 0 saturated heterocycles. The SMILES string of the molecule is CC(C)Cc1ccc2c(c1)OC[C@H]2N. The number of hydrogen-bond acceptors (Lipinski definition) is 2. The Morgan fingerprint density at radius 1 is 1.50 bits per heavy atom. The summed E-state index contributed by atoms with van der Waals surface area (Å²) >= 11 is 0. The molecular formula is C12H17NO. The van der Waals surface area contributed by atoms with Crippen LogP contribution in [0.4, 0.5) is 0 Å². The Hall–Kier alpha value is -1.02. The van der Waals surface area contributed by atoms with Gasteiger partial charge in [-0.1, -0.05) is 26.0 Å². The minimum atomic E-state index is 0.0677. The molecule has 0 fully saturated rings. The molecule has 0 amide bonds. The van der Waals surface area contributed by atoms with Crippen LogP contribution in [0.3, 0.4) is 0 Å². The molecule has 1 aliphatic rings. The topological polar surface area (TPSA) is 35.2 Å². The van der Waals surface area contributed by atoms with Crippen molar-refractivity contribution in [3.63, 3.8) is 0 Å². The normalized spacial score (nSPS) is 19.6. The van der Waals surface area contributed by atoms with Crippen LogP contribution in [0.25, 0.3) is 0 Å². The van der Waals surface area contributed by atoms with Crippen molar-refractivity contribution in [3.8, 4) is 5.75 Å². The first kappa shape index (κ1) is 9.53. The molecule has 2 heteroatoms. The molecule has 1 aliphatic heterocycles. The van der Waals surface area contributed by atoms with E-state index in [1.165, 1.54) is 5.56 Å². The smallest absolute Gasteiger partial charge is 0.124 e. The summed E-state index contributed by atoms with van der Waals surface area (Å²) in [6.07, 6.45) is 1.10. The zero-order valence-corrected chi connectivity index (χ0v) is 8.79. The molecule has 0 aromatic heterocycles. The van der Waals surface area contributed by atoms with Crippen LogP contribution in [0.15, 0.2) is 18.2 Å². The summed E-state index contributed by atoms with van der Waals surface area (Å²) in [7, 11) is 0. The van der Waals surface area contributed by atoms with Crippen molar-refractivity contribution < 1.29 is 4.74 Å². The molecule has 0 aliphatic carbocycles. The molecule has 0 unspecified atom stereocenters. The van der Waals surface area contributed by atoms with Crippen molar-refractivity contribution in [2.75, 3.05) is 6.61 Å². The van der Waals surface area contributed by atoms with E-state index < -0.39 is 0 Å². The van der Waals surface area contributed by atoms with Gasteiger partial charge in [-0.15, -0.1) is 0 Å². The van der Waals surface area contributed by atoms with Gasteiger partial charge in [0, 0.05) is 5.56 Å². The molecule has 76 valence electrons. The summed E-state index contributed by atoms with van der Waals surface area (Å²) in [5.74, 6) is 1.67. The molecule has 0 spiro atoms. The summed E-state index contributed by atoms with van der Waals surface area (Å²) in [5.41, 5.74) is 8.36. The van der Waals surface area contributed by atoms with E-state index in [-0.39, 0.29) is 6.04 Å². The van der Waals surface area contributed by atoms with Crippen LogP contribution in [0.5, 0.6) is 5.75 Å². The number of fused-ring (bicyclic) bond motifs is 1. The molecule has 0 radical (unpaired) electrons. The highest BCUT2D eigenvalue weighted by Gasteiger charge is 2.20. The summed E-state index contributed by atoms with van der Waals surface area (Å²) < 4.78 is 5.51. The van der Waals surface area contributed by atoms with Crippen LogP contribution in [-0.2, 0) is 6.42 Å². The Kier molecular flexibility index (Phi) is 2.46. The molecule has 1 aromatic rings. The Morgan fingerprint density at radius 2 is 2.29 bits per heavy atom. The van der Waals surface area contributed by atoms with Crippen molar-refractivity contribution >= 4 is 0 Å². The predicted octanol–water partition coefficient (Wildman–Crippen LogP) is 2.28. The second-order valence-corrected chi connectivity index (χ2v) is 4.39. The van der Waals surface area contributed by atoms with E-state index in [0.29, 0.717) is 12.5 Å². The van der Waals surface area contributed by atoms with Crippen molar-refractivity contribution in [1.29, 1.82) is 0 Å². The van der Waals surface area contributed by atoms with Crippen LogP contribution in [0, 0.1) is 5.92 Å². The zero-order chi connectivity index (χ0) is 10.1. The number of ether oxygens (including phenoxy) is 1. The fourth-order valence-electron chi connectivity index (χ4n) is 1.88. The van der Waals surface area contributed by atoms with E-state index in [1.54, 1.807) is 0 Å². The third-order valence-electron chi connectivity index (χ3n) is 2.54. The quantitative estimate of drug-likeness (QED) is 0.778. The van der Waals surface area contributed by atoms with Crippen LogP contribution in [-0.4, -0.2) is 6.61 Å². The molecule has 1 aromatic carbocycles. The van der Waals surface area contributed by atoms with E-state index in [4.69, 9.17) is 10.5 Å². The van der Waals surface area contributed by atoms with Crippen LogP contribution < -0.4 is 10.5 Å². The summed E-state index contributed by atoms with van der Waals surface area (Å²) in [6.45, 7) is 5.07. The lowest BCUT2D eigenvalue weighted by Gasteiger charge is -2.07. The maximum absolute atomic E-state index is 5.87. The molecule has 1 heterocycles. The van der Waals surface area contributed by atoms with Gasteiger partial charge in [0.2, 0.25) is 0 Å². The summed E-state index contributed by atoms with van der Waals surface area (Å²) in [5, 5.41) is 0. The summed E-state index contributed by atoms with van der Waals surface area (Å²) in [6, 6.07) is 6.46. The minimum Gasteiger partial charge on any atom is -0.491 e. The number of rotatable bonds is 2. The van der Waals surface area contributed by atoms with E-state index in [9.17, 15) is 0 Å². The van der Waals surface area contributed by atoms with Crippen molar-refractivity contribution in [2.24, 2.45) is 11.7 Å².